The van der Waals surface area contributed by atoms with Crippen LogP contribution in [0.15, 0.2) is 16.6 Å². The number of carbonyl (C=O) groups is 1. The third-order valence-corrected chi connectivity index (χ3v) is 4.05. The number of rotatable bonds is 0. The van der Waals surface area contributed by atoms with Crippen molar-refractivity contribution in [2.45, 2.75) is 25.4 Å². The first-order chi connectivity index (χ1) is 7.31. The monoisotopic (exact) mass is 222 g/mol. The number of hydrogen-bond donors (Lipinski definition) is 1. The smallest absolute Gasteiger partial charge is 0.223 e. The Morgan fingerprint density at radius 2 is 2.47 bits per heavy atom. The molecule has 0 saturated carbocycles. The van der Waals surface area contributed by atoms with Gasteiger partial charge in [0.15, 0.2) is 0 Å². The summed E-state index contributed by atoms with van der Waals surface area (Å²) < 4.78 is 0. The lowest BCUT2D eigenvalue weighted by atomic mass is 10.0. The highest BCUT2D eigenvalue weighted by Gasteiger charge is 2.40. The van der Waals surface area contributed by atoms with E-state index in [1.54, 1.807) is 11.3 Å². The van der Waals surface area contributed by atoms with Gasteiger partial charge < -0.3 is 10.1 Å². The number of amides is 1. The van der Waals surface area contributed by atoms with E-state index in [0.29, 0.717) is 18.7 Å². The molecule has 3 rings (SSSR count). The maximum absolute atomic E-state index is 11.6. The minimum atomic E-state index is -0.00588. The summed E-state index contributed by atoms with van der Waals surface area (Å²) in [5, 5.41) is 14.4. The summed E-state index contributed by atoms with van der Waals surface area (Å²) in [5.74, 6) is 0.165. The number of fused-ring (bicyclic) bond motifs is 2. The van der Waals surface area contributed by atoms with E-state index in [2.05, 4.69) is 5.16 Å². The van der Waals surface area contributed by atoms with E-state index in [9.17, 15) is 4.79 Å². The van der Waals surface area contributed by atoms with Crippen LogP contribution in [0.3, 0.4) is 0 Å². The Kier molecular flexibility index (Phi) is 1.82. The van der Waals surface area contributed by atoms with Crippen LogP contribution >= 0.6 is 11.3 Å². The Hall–Kier alpha value is -1.36. The Balaban J connectivity index is 2.12. The van der Waals surface area contributed by atoms with Gasteiger partial charge in [0.25, 0.3) is 0 Å². The first-order valence-corrected chi connectivity index (χ1v) is 5.77. The molecule has 1 amide bonds. The summed E-state index contributed by atoms with van der Waals surface area (Å²) in [4.78, 5) is 14.4. The average molecular weight is 222 g/mol. The number of carbonyl (C=O) groups excluding carboxylic acids is 1. The standard InChI is InChI=1S/C10H10N2O2S/c13-8-2-1-7-9(11-14)10-6(3-4-15-10)5-12(7)8/h3-4,7,14H,1-2,5H2. The van der Waals surface area contributed by atoms with Gasteiger partial charge in [-0.3, -0.25) is 4.79 Å². The molecule has 1 saturated heterocycles. The van der Waals surface area contributed by atoms with E-state index in [4.69, 9.17) is 5.21 Å². The van der Waals surface area contributed by atoms with Crippen LogP contribution in [0, 0.1) is 0 Å². The van der Waals surface area contributed by atoms with Gasteiger partial charge in [-0.25, -0.2) is 0 Å². The van der Waals surface area contributed by atoms with Crippen molar-refractivity contribution in [1.82, 2.24) is 4.90 Å². The van der Waals surface area contributed by atoms with Gasteiger partial charge in [-0.2, -0.15) is 0 Å². The van der Waals surface area contributed by atoms with Gasteiger partial charge in [0.1, 0.15) is 5.71 Å². The SMILES string of the molecule is O=C1CCC2C(=NO)c3sccc3CN12. The minimum absolute atomic E-state index is 0.00588. The Morgan fingerprint density at radius 3 is 3.27 bits per heavy atom. The zero-order valence-electron chi connectivity index (χ0n) is 8.01. The third-order valence-electron chi connectivity index (χ3n) is 3.07. The quantitative estimate of drug-likeness (QED) is 0.533. The lowest BCUT2D eigenvalue weighted by Gasteiger charge is -2.30. The maximum atomic E-state index is 11.6. The Bertz CT molecular complexity index is 452. The first-order valence-electron chi connectivity index (χ1n) is 4.89. The van der Waals surface area contributed by atoms with E-state index in [1.165, 1.54) is 0 Å². The van der Waals surface area contributed by atoms with E-state index in [-0.39, 0.29) is 11.9 Å². The summed E-state index contributed by atoms with van der Waals surface area (Å²) in [7, 11) is 0. The fourth-order valence-corrected chi connectivity index (χ4v) is 3.30. The highest BCUT2D eigenvalue weighted by atomic mass is 32.1. The third kappa shape index (κ3) is 1.13. The molecule has 1 fully saturated rings. The van der Waals surface area contributed by atoms with Crippen molar-refractivity contribution in [2.75, 3.05) is 0 Å². The van der Waals surface area contributed by atoms with E-state index in [0.717, 1.165) is 16.9 Å². The van der Waals surface area contributed by atoms with Gasteiger partial charge in [0.2, 0.25) is 5.91 Å². The molecule has 1 aromatic heterocycles. The van der Waals surface area contributed by atoms with E-state index >= 15 is 0 Å². The molecule has 4 nitrogen and oxygen atoms in total. The normalized spacial score (nSPS) is 26.9. The van der Waals surface area contributed by atoms with E-state index in [1.807, 2.05) is 16.3 Å². The maximum Gasteiger partial charge on any atom is 0.223 e. The van der Waals surface area contributed by atoms with Gasteiger partial charge in [-0.1, -0.05) is 5.16 Å². The molecule has 1 unspecified atom stereocenters. The average Bonchev–Trinajstić information content (AvgIpc) is 2.83. The summed E-state index contributed by atoms with van der Waals surface area (Å²) in [6.45, 7) is 0.668. The van der Waals surface area contributed by atoms with Crippen LogP contribution in [-0.2, 0) is 11.3 Å². The predicted molar refractivity (Wildman–Crippen MR) is 56.2 cm³/mol. The Labute approximate surface area is 90.8 Å². The number of thiophene rings is 1. The summed E-state index contributed by atoms with van der Waals surface area (Å²) >= 11 is 1.58. The van der Waals surface area contributed by atoms with Gasteiger partial charge >= 0.3 is 0 Å². The highest BCUT2D eigenvalue weighted by molar-refractivity contribution is 7.12. The zero-order chi connectivity index (χ0) is 10.4. The fourth-order valence-electron chi connectivity index (χ4n) is 2.35. The van der Waals surface area contributed by atoms with Crippen LogP contribution in [0.5, 0.6) is 0 Å². The molecule has 0 spiro atoms. The second-order valence-corrected chi connectivity index (χ2v) is 4.75. The molecular formula is C10H10N2O2S. The zero-order valence-corrected chi connectivity index (χ0v) is 8.83. The largest absolute Gasteiger partial charge is 0.411 e. The van der Waals surface area contributed by atoms with Crippen LogP contribution in [0.2, 0.25) is 0 Å². The molecule has 2 aliphatic rings. The first kappa shape index (κ1) is 8.91. The molecule has 1 N–H and O–H groups in total. The van der Waals surface area contributed by atoms with Crippen molar-refractivity contribution in [2.24, 2.45) is 5.16 Å². The number of nitrogens with zero attached hydrogens (tertiary/aromatic N) is 2. The molecule has 0 bridgehead atoms. The van der Waals surface area contributed by atoms with Gasteiger partial charge in [0.05, 0.1) is 10.9 Å². The highest BCUT2D eigenvalue weighted by Crippen LogP contribution is 2.33. The van der Waals surface area contributed by atoms with Gasteiger partial charge in [-0.15, -0.1) is 11.3 Å². The second kappa shape index (κ2) is 3.06. The molecule has 0 aromatic carbocycles. The van der Waals surface area contributed by atoms with Crippen molar-refractivity contribution < 1.29 is 10.0 Å². The molecule has 0 radical (unpaired) electrons. The lowest BCUT2D eigenvalue weighted by Crippen LogP contribution is -2.42. The van der Waals surface area contributed by atoms with Gasteiger partial charge in [0, 0.05) is 13.0 Å². The molecule has 1 aromatic rings. The van der Waals surface area contributed by atoms with Crippen molar-refractivity contribution in [1.29, 1.82) is 0 Å². The van der Waals surface area contributed by atoms with Crippen molar-refractivity contribution in [3.8, 4) is 0 Å². The molecule has 2 aliphatic heterocycles. The van der Waals surface area contributed by atoms with Crippen molar-refractivity contribution in [3.05, 3.63) is 21.9 Å². The van der Waals surface area contributed by atoms with Crippen LogP contribution in [-0.4, -0.2) is 27.8 Å². The molecule has 3 heterocycles. The van der Waals surface area contributed by atoms with Crippen LogP contribution in [0.25, 0.3) is 0 Å². The Morgan fingerprint density at radius 1 is 1.60 bits per heavy atom. The van der Waals surface area contributed by atoms with E-state index < -0.39 is 0 Å². The molecule has 1 atom stereocenters. The molecule has 78 valence electrons. The summed E-state index contributed by atoms with van der Waals surface area (Å²) in [6, 6.07) is 1.99. The second-order valence-electron chi connectivity index (χ2n) is 3.84. The minimum Gasteiger partial charge on any atom is -0.411 e. The molecular weight excluding hydrogens is 212 g/mol. The predicted octanol–water partition coefficient (Wildman–Crippen LogP) is 1.43. The van der Waals surface area contributed by atoms with Crippen LogP contribution < -0.4 is 0 Å². The number of hydrogen-bond acceptors (Lipinski definition) is 4. The van der Waals surface area contributed by atoms with Crippen molar-refractivity contribution >= 4 is 23.0 Å². The van der Waals surface area contributed by atoms with Crippen LogP contribution in [0.1, 0.15) is 23.3 Å². The van der Waals surface area contributed by atoms with Crippen molar-refractivity contribution in [3.63, 3.8) is 0 Å². The lowest BCUT2D eigenvalue weighted by molar-refractivity contribution is -0.128. The fraction of sp³-hybridized carbons (Fsp3) is 0.400. The summed E-state index contributed by atoms with van der Waals surface area (Å²) in [5.41, 5.74) is 1.76. The molecule has 5 heteroatoms. The molecule has 0 aliphatic carbocycles. The topological polar surface area (TPSA) is 52.9 Å². The number of oxime groups is 1. The van der Waals surface area contributed by atoms with Crippen LogP contribution in [0.4, 0.5) is 0 Å². The molecule has 15 heavy (non-hydrogen) atoms. The summed E-state index contributed by atoms with van der Waals surface area (Å²) in [6.07, 6.45) is 1.34. The van der Waals surface area contributed by atoms with Gasteiger partial charge in [-0.05, 0) is 23.4 Å².